The van der Waals surface area contributed by atoms with E-state index in [9.17, 15) is 4.79 Å². The monoisotopic (exact) mass is 224 g/mol. The number of rotatable bonds is 2. The maximum atomic E-state index is 11.6. The number of alkyl carbamates (subject to hydrolysis) is 1. The Morgan fingerprint density at radius 1 is 1.56 bits per heavy atom. The third-order valence-electron chi connectivity index (χ3n) is 2.48. The molecule has 0 unspecified atom stereocenters. The fourth-order valence-corrected chi connectivity index (χ4v) is 1.55. The molecule has 1 heterocycles. The normalized spacial score (nSPS) is 17.9. The first-order valence-corrected chi connectivity index (χ1v) is 5.32. The second-order valence-corrected chi connectivity index (χ2v) is 5.12. The quantitative estimate of drug-likeness (QED) is 0.836. The number of carbonyl (C=O) groups excluding carboxylic acids is 1. The van der Waals surface area contributed by atoms with Crippen LogP contribution in [-0.4, -0.2) is 16.9 Å². The molecule has 0 spiro atoms. The third kappa shape index (κ3) is 2.35. The number of carbonyl (C=O) groups is 1. The molecule has 1 amide bonds. The zero-order chi connectivity index (χ0) is 11.8. The molecular formula is C11H16N2O3. The second kappa shape index (κ2) is 3.50. The summed E-state index contributed by atoms with van der Waals surface area (Å²) in [5, 5.41) is 6.51. The molecule has 0 aromatic carbocycles. The minimum Gasteiger partial charge on any atom is -0.444 e. The van der Waals surface area contributed by atoms with Crippen molar-refractivity contribution in [2.45, 2.75) is 44.8 Å². The SMILES string of the molecule is CC(C)(C)OC(=O)NC1(c2cnoc2)CC1. The van der Waals surface area contributed by atoms with Gasteiger partial charge < -0.3 is 14.6 Å². The van der Waals surface area contributed by atoms with Gasteiger partial charge in [-0.15, -0.1) is 0 Å². The van der Waals surface area contributed by atoms with E-state index in [1.165, 1.54) is 0 Å². The molecule has 1 aliphatic carbocycles. The van der Waals surface area contributed by atoms with Gasteiger partial charge in [-0.3, -0.25) is 0 Å². The van der Waals surface area contributed by atoms with Crippen LogP contribution >= 0.6 is 0 Å². The average molecular weight is 224 g/mol. The molecule has 5 nitrogen and oxygen atoms in total. The molecule has 1 N–H and O–H groups in total. The lowest BCUT2D eigenvalue weighted by atomic mass is 10.1. The van der Waals surface area contributed by atoms with E-state index in [1.54, 1.807) is 12.5 Å². The Morgan fingerprint density at radius 3 is 2.69 bits per heavy atom. The molecular weight excluding hydrogens is 208 g/mol. The Balaban J connectivity index is 1.98. The zero-order valence-electron chi connectivity index (χ0n) is 9.74. The highest BCUT2D eigenvalue weighted by Gasteiger charge is 2.47. The zero-order valence-corrected chi connectivity index (χ0v) is 9.74. The molecule has 16 heavy (non-hydrogen) atoms. The van der Waals surface area contributed by atoms with E-state index in [4.69, 9.17) is 9.26 Å². The van der Waals surface area contributed by atoms with Crippen molar-refractivity contribution in [1.29, 1.82) is 0 Å². The van der Waals surface area contributed by atoms with E-state index < -0.39 is 11.7 Å². The van der Waals surface area contributed by atoms with Crippen molar-refractivity contribution >= 4 is 6.09 Å². The summed E-state index contributed by atoms with van der Waals surface area (Å²) < 4.78 is 9.99. The van der Waals surface area contributed by atoms with E-state index in [0.29, 0.717) is 0 Å². The molecule has 2 rings (SSSR count). The predicted molar refractivity (Wildman–Crippen MR) is 56.8 cm³/mol. The maximum absolute atomic E-state index is 11.6. The van der Waals surface area contributed by atoms with E-state index >= 15 is 0 Å². The van der Waals surface area contributed by atoms with Crippen LogP contribution in [0.4, 0.5) is 4.79 Å². The number of nitrogens with zero attached hydrogens (tertiary/aromatic N) is 1. The van der Waals surface area contributed by atoms with Gasteiger partial charge in [-0.05, 0) is 33.6 Å². The number of amides is 1. The molecule has 1 aliphatic rings. The van der Waals surface area contributed by atoms with Gasteiger partial charge in [0.1, 0.15) is 11.9 Å². The molecule has 0 bridgehead atoms. The summed E-state index contributed by atoms with van der Waals surface area (Å²) in [4.78, 5) is 11.6. The Bertz CT molecular complexity index is 374. The Labute approximate surface area is 94.1 Å². The first-order valence-electron chi connectivity index (χ1n) is 5.32. The molecule has 88 valence electrons. The van der Waals surface area contributed by atoms with Gasteiger partial charge in [0.2, 0.25) is 0 Å². The standard InChI is InChI=1S/C11H16N2O3/c1-10(2,3)16-9(14)13-11(4-5-11)8-6-12-15-7-8/h6-7H,4-5H2,1-3H3,(H,13,14). The predicted octanol–water partition coefficient (Wildman–Crippen LogP) is 2.19. The third-order valence-corrected chi connectivity index (χ3v) is 2.48. The second-order valence-electron chi connectivity index (χ2n) is 5.12. The molecule has 1 saturated carbocycles. The van der Waals surface area contributed by atoms with Crippen LogP contribution in [0.1, 0.15) is 39.2 Å². The summed E-state index contributed by atoms with van der Waals surface area (Å²) in [6, 6.07) is 0. The first-order chi connectivity index (χ1) is 7.41. The Hall–Kier alpha value is -1.52. The smallest absolute Gasteiger partial charge is 0.408 e. The molecule has 0 atom stereocenters. The van der Waals surface area contributed by atoms with Crippen molar-refractivity contribution in [3.63, 3.8) is 0 Å². The summed E-state index contributed by atoms with van der Waals surface area (Å²) in [5.74, 6) is 0. The van der Waals surface area contributed by atoms with Crippen molar-refractivity contribution in [3.8, 4) is 0 Å². The molecule has 0 aliphatic heterocycles. The van der Waals surface area contributed by atoms with Gasteiger partial charge in [0.05, 0.1) is 11.7 Å². The lowest BCUT2D eigenvalue weighted by molar-refractivity contribution is 0.0495. The molecule has 5 heteroatoms. The van der Waals surface area contributed by atoms with Gasteiger partial charge in [0, 0.05) is 5.56 Å². The van der Waals surface area contributed by atoms with Crippen LogP contribution < -0.4 is 5.32 Å². The van der Waals surface area contributed by atoms with Gasteiger partial charge in [0.15, 0.2) is 0 Å². The van der Waals surface area contributed by atoms with Crippen molar-refractivity contribution in [3.05, 3.63) is 18.0 Å². The van der Waals surface area contributed by atoms with E-state index in [1.807, 2.05) is 20.8 Å². The van der Waals surface area contributed by atoms with E-state index in [2.05, 4.69) is 10.5 Å². The maximum Gasteiger partial charge on any atom is 0.408 e. The number of ether oxygens (including phenoxy) is 1. The number of hydrogen-bond donors (Lipinski definition) is 1. The summed E-state index contributed by atoms with van der Waals surface area (Å²) in [6.07, 6.45) is 4.58. The molecule has 1 aromatic heterocycles. The Morgan fingerprint density at radius 2 is 2.25 bits per heavy atom. The van der Waals surface area contributed by atoms with Crippen LogP contribution in [0, 0.1) is 0 Å². The van der Waals surface area contributed by atoms with Crippen LogP contribution in [0.2, 0.25) is 0 Å². The minimum atomic E-state index is -0.477. The number of aromatic nitrogens is 1. The summed E-state index contributed by atoms with van der Waals surface area (Å²) in [5.41, 5.74) is 0.107. The molecule has 1 aromatic rings. The van der Waals surface area contributed by atoms with Crippen molar-refractivity contribution in [2.24, 2.45) is 0 Å². The van der Waals surface area contributed by atoms with Crippen LogP contribution in [0.3, 0.4) is 0 Å². The van der Waals surface area contributed by atoms with E-state index in [0.717, 1.165) is 18.4 Å². The van der Waals surface area contributed by atoms with Crippen molar-refractivity contribution in [2.75, 3.05) is 0 Å². The van der Waals surface area contributed by atoms with Crippen molar-refractivity contribution < 1.29 is 14.1 Å². The van der Waals surface area contributed by atoms with Gasteiger partial charge in [0.25, 0.3) is 0 Å². The van der Waals surface area contributed by atoms with Crippen LogP contribution in [0.15, 0.2) is 17.0 Å². The van der Waals surface area contributed by atoms with Gasteiger partial charge >= 0.3 is 6.09 Å². The number of nitrogens with one attached hydrogen (secondary N) is 1. The summed E-state index contributed by atoms with van der Waals surface area (Å²) in [6.45, 7) is 5.52. The fraction of sp³-hybridized carbons (Fsp3) is 0.636. The largest absolute Gasteiger partial charge is 0.444 e. The first kappa shape index (κ1) is 11.0. The highest BCUT2D eigenvalue weighted by Crippen LogP contribution is 2.45. The lowest BCUT2D eigenvalue weighted by Crippen LogP contribution is -2.39. The van der Waals surface area contributed by atoms with Crippen molar-refractivity contribution in [1.82, 2.24) is 10.5 Å². The molecule has 0 saturated heterocycles. The topological polar surface area (TPSA) is 64.4 Å². The minimum absolute atomic E-state index is 0.317. The lowest BCUT2D eigenvalue weighted by Gasteiger charge is -2.22. The highest BCUT2D eigenvalue weighted by molar-refractivity contribution is 5.69. The Kier molecular flexibility index (Phi) is 2.40. The fourth-order valence-electron chi connectivity index (χ4n) is 1.55. The van der Waals surface area contributed by atoms with E-state index in [-0.39, 0.29) is 5.54 Å². The van der Waals surface area contributed by atoms with Crippen LogP contribution in [0.25, 0.3) is 0 Å². The van der Waals surface area contributed by atoms with Crippen LogP contribution in [-0.2, 0) is 10.3 Å². The van der Waals surface area contributed by atoms with Gasteiger partial charge in [-0.1, -0.05) is 5.16 Å². The highest BCUT2D eigenvalue weighted by atomic mass is 16.6. The van der Waals surface area contributed by atoms with Gasteiger partial charge in [-0.2, -0.15) is 0 Å². The molecule has 0 radical (unpaired) electrons. The molecule has 1 fully saturated rings. The summed E-state index contributed by atoms with van der Waals surface area (Å²) >= 11 is 0. The van der Waals surface area contributed by atoms with Gasteiger partial charge in [-0.25, -0.2) is 4.79 Å². The number of hydrogen-bond acceptors (Lipinski definition) is 4. The van der Waals surface area contributed by atoms with Crippen LogP contribution in [0.5, 0.6) is 0 Å². The average Bonchev–Trinajstić information content (AvgIpc) is 2.71. The summed E-state index contributed by atoms with van der Waals surface area (Å²) in [7, 11) is 0.